The van der Waals surface area contributed by atoms with Crippen LogP contribution in [0.1, 0.15) is 36.1 Å². The molecule has 1 heteroatoms. The van der Waals surface area contributed by atoms with Crippen molar-refractivity contribution in [1.82, 2.24) is 0 Å². The molecule has 0 heterocycles. The molecule has 3 rings (SSSR count). The lowest BCUT2D eigenvalue weighted by Crippen LogP contribution is -2.00. The first-order chi connectivity index (χ1) is 11.6. The lowest BCUT2D eigenvalue weighted by Gasteiger charge is -2.18. The van der Waals surface area contributed by atoms with Crippen LogP contribution in [0.5, 0.6) is 0 Å². The van der Waals surface area contributed by atoms with Crippen molar-refractivity contribution in [2.24, 2.45) is 0 Å². The predicted molar refractivity (Wildman–Crippen MR) is 102 cm³/mol. The van der Waals surface area contributed by atoms with Crippen LogP contribution in [0, 0.1) is 13.8 Å². The smallest absolute Gasteiger partial charge is 0.0793 e. The van der Waals surface area contributed by atoms with Gasteiger partial charge >= 0.3 is 0 Å². The number of aliphatic hydroxyl groups is 1. The Morgan fingerprint density at radius 3 is 1.92 bits per heavy atom. The van der Waals surface area contributed by atoms with Gasteiger partial charge in [0.25, 0.3) is 0 Å². The number of hydrogen-bond acceptors (Lipinski definition) is 1. The minimum Gasteiger partial charge on any atom is -0.388 e. The molecule has 0 spiro atoms. The molecule has 0 saturated heterocycles. The van der Waals surface area contributed by atoms with Gasteiger partial charge in [-0.25, -0.2) is 0 Å². The maximum absolute atomic E-state index is 10.6. The van der Waals surface area contributed by atoms with Crippen molar-refractivity contribution in [3.8, 4) is 22.3 Å². The topological polar surface area (TPSA) is 20.2 Å². The minimum absolute atomic E-state index is 0.455. The van der Waals surface area contributed by atoms with E-state index in [4.69, 9.17) is 0 Å². The normalized spacial score (nSPS) is 12.2. The van der Waals surface area contributed by atoms with Crippen LogP contribution in [-0.4, -0.2) is 5.11 Å². The highest BCUT2D eigenvalue weighted by atomic mass is 16.3. The quantitative estimate of drug-likeness (QED) is 0.618. The zero-order valence-electron chi connectivity index (χ0n) is 14.6. The molecule has 0 aromatic heterocycles. The van der Waals surface area contributed by atoms with Crippen molar-refractivity contribution in [3.05, 3.63) is 83.4 Å². The maximum Gasteiger partial charge on any atom is 0.0793 e. The largest absolute Gasteiger partial charge is 0.388 e. The van der Waals surface area contributed by atoms with Crippen molar-refractivity contribution >= 4 is 0 Å². The molecule has 0 bridgehead atoms. The Balaban J connectivity index is 2.19. The Morgan fingerprint density at radius 2 is 1.33 bits per heavy atom. The van der Waals surface area contributed by atoms with Gasteiger partial charge in [0.05, 0.1) is 6.10 Å². The highest BCUT2D eigenvalue weighted by Crippen LogP contribution is 2.35. The van der Waals surface area contributed by atoms with Crippen LogP contribution in [-0.2, 0) is 0 Å². The highest BCUT2D eigenvalue weighted by Gasteiger charge is 2.15. The van der Waals surface area contributed by atoms with Crippen LogP contribution < -0.4 is 0 Å². The van der Waals surface area contributed by atoms with Gasteiger partial charge in [-0.3, -0.25) is 0 Å². The van der Waals surface area contributed by atoms with Gasteiger partial charge < -0.3 is 5.11 Å². The second-order valence-corrected chi connectivity index (χ2v) is 6.36. The molecular formula is C23H24O. The number of benzene rings is 3. The molecule has 122 valence electrons. The number of rotatable bonds is 4. The molecule has 1 N–H and O–H groups in total. The molecular weight excluding hydrogens is 292 g/mol. The van der Waals surface area contributed by atoms with E-state index < -0.39 is 6.10 Å². The van der Waals surface area contributed by atoms with E-state index in [9.17, 15) is 5.11 Å². The molecule has 1 atom stereocenters. The fraction of sp³-hybridized carbons (Fsp3) is 0.217. The summed E-state index contributed by atoms with van der Waals surface area (Å²) in [4.78, 5) is 0. The minimum atomic E-state index is -0.455. The molecule has 0 fully saturated rings. The van der Waals surface area contributed by atoms with E-state index in [2.05, 4.69) is 80.6 Å². The fourth-order valence-corrected chi connectivity index (χ4v) is 3.24. The van der Waals surface area contributed by atoms with E-state index in [-0.39, 0.29) is 0 Å². The average Bonchev–Trinajstić information content (AvgIpc) is 2.61. The highest BCUT2D eigenvalue weighted by molar-refractivity contribution is 5.76. The summed E-state index contributed by atoms with van der Waals surface area (Å²) in [5, 5.41) is 10.6. The van der Waals surface area contributed by atoms with E-state index in [0.29, 0.717) is 6.42 Å². The standard InChI is InChI=1S/C23H24O/c1-4-23(24)22-15-18(19-11-7-5-9-16(19)2)13-14-21(22)20-12-8-6-10-17(20)3/h5-15,23-24H,4H2,1-3H3/t23-/m0/s1. The Morgan fingerprint density at radius 1 is 0.750 bits per heavy atom. The van der Waals surface area contributed by atoms with Crippen LogP contribution in [0.15, 0.2) is 66.7 Å². The summed E-state index contributed by atoms with van der Waals surface area (Å²) >= 11 is 0. The van der Waals surface area contributed by atoms with Gasteiger partial charge in [-0.1, -0.05) is 67.6 Å². The molecule has 1 nitrogen and oxygen atoms in total. The van der Waals surface area contributed by atoms with E-state index in [0.717, 1.165) is 16.7 Å². The zero-order valence-corrected chi connectivity index (χ0v) is 14.6. The Bertz CT molecular complexity index is 848. The third kappa shape index (κ3) is 3.13. The molecule has 0 radical (unpaired) electrons. The van der Waals surface area contributed by atoms with Crippen LogP contribution in [0.3, 0.4) is 0 Å². The van der Waals surface area contributed by atoms with Crippen LogP contribution in [0.2, 0.25) is 0 Å². The maximum atomic E-state index is 10.6. The van der Waals surface area contributed by atoms with E-state index in [1.807, 2.05) is 6.92 Å². The van der Waals surface area contributed by atoms with Gasteiger partial charge in [-0.2, -0.15) is 0 Å². The monoisotopic (exact) mass is 316 g/mol. The van der Waals surface area contributed by atoms with Gasteiger partial charge in [0.2, 0.25) is 0 Å². The van der Waals surface area contributed by atoms with Crippen molar-refractivity contribution in [3.63, 3.8) is 0 Å². The van der Waals surface area contributed by atoms with Crippen molar-refractivity contribution < 1.29 is 5.11 Å². The molecule has 0 amide bonds. The number of aryl methyl sites for hydroxylation is 2. The predicted octanol–water partition coefficient (Wildman–Crippen LogP) is 6.08. The van der Waals surface area contributed by atoms with Crippen LogP contribution in [0.4, 0.5) is 0 Å². The average molecular weight is 316 g/mol. The molecule has 3 aromatic rings. The van der Waals surface area contributed by atoms with E-state index in [1.54, 1.807) is 0 Å². The van der Waals surface area contributed by atoms with Gasteiger partial charge in [0.1, 0.15) is 0 Å². The molecule has 0 unspecified atom stereocenters. The summed E-state index contributed by atoms with van der Waals surface area (Å²) in [6, 6.07) is 23.2. The second kappa shape index (κ2) is 7.02. The summed E-state index contributed by atoms with van der Waals surface area (Å²) in [5.41, 5.74) is 8.18. The van der Waals surface area contributed by atoms with Crippen LogP contribution in [0.25, 0.3) is 22.3 Å². The van der Waals surface area contributed by atoms with Gasteiger partial charge in [-0.15, -0.1) is 0 Å². The lowest BCUT2D eigenvalue weighted by molar-refractivity contribution is 0.174. The first-order valence-corrected chi connectivity index (χ1v) is 8.55. The number of aliphatic hydroxyl groups excluding tert-OH is 1. The molecule has 0 aliphatic heterocycles. The molecule has 24 heavy (non-hydrogen) atoms. The lowest BCUT2D eigenvalue weighted by atomic mass is 9.89. The molecule has 3 aromatic carbocycles. The summed E-state index contributed by atoms with van der Waals surface area (Å²) in [6.45, 7) is 6.26. The Kier molecular flexibility index (Phi) is 4.82. The first-order valence-electron chi connectivity index (χ1n) is 8.55. The third-order valence-electron chi connectivity index (χ3n) is 4.69. The van der Waals surface area contributed by atoms with Gasteiger partial charge in [-0.05, 0) is 65.3 Å². The van der Waals surface area contributed by atoms with Crippen LogP contribution >= 0.6 is 0 Å². The van der Waals surface area contributed by atoms with E-state index in [1.165, 1.54) is 22.3 Å². The number of hydrogen-bond donors (Lipinski definition) is 1. The van der Waals surface area contributed by atoms with E-state index >= 15 is 0 Å². The van der Waals surface area contributed by atoms with Crippen molar-refractivity contribution in [1.29, 1.82) is 0 Å². The SMILES string of the molecule is CC[C@H](O)c1cc(-c2ccccc2C)ccc1-c1ccccc1C. The van der Waals surface area contributed by atoms with Crippen molar-refractivity contribution in [2.45, 2.75) is 33.3 Å². The molecule has 0 saturated carbocycles. The molecule has 0 aliphatic rings. The fourth-order valence-electron chi connectivity index (χ4n) is 3.24. The zero-order chi connectivity index (χ0) is 17.1. The van der Waals surface area contributed by atoms with Gasteiger partial charge in [0, 0.05) is 0 Å². The second-order valence-electron chi connectivity index (χ2n) is 6.36. The summed E-state index contributed by atoms with van der Waals surface area (Å²) in [5.74, 6) is 0. The Labute approximate surface area is 144 Å². The van der Waals surface area contributed by atoms with Crippen molar-refractivity contribution in [2.75, 3.05) is 0 Å². The Hall–Kier alpha value is -2.38. The summed E-state index contributed by atoms with van der Waals surface area (Å²) in [6.07, 6.45) is 0.249. The summed E-state index contributed by atoms with van der Waals surface area (Å²) in [7, 11) is 0. The summed E-state index contributed by atoms with van der Waals surface area (Å²) < 4.78 is 0. The first kappa shape index (κ1) is 16.5. The van der Waals surface area contributed by atoms with Gasteiger partial charge in [0.15, 0.2) is 0 Å². The molecule has 0 aliphatic carbocycles. The third-order valence-corrected chi connectivity index (χ3v) is 4.69.